The Bertz CT molecular complexity index is 474. The Labute approximate surface area is 119 Å². The Morgan fingerprint density at radius 1 is 1.10 bits per heavy atom. The van der Waals surface area contributed by atoms with Crippen LogP contribution in [-0.2, 0) is 33.3 Å². The number of ether oxygens (including phenoxy) is 4. The van der Waals surface area contributed by atoms with Crippen LogP contribution in [0.4, 0.5) is 0 Å². The van der Waals surface area contributed by atoms with Gasteiger partial charge in [-0.3, -0.25) is 14.4 Å². The third-order valence-corrected chi connectivity index (χ3v) is 2.51. The van der Waals surface area contributed by atoms with Crippen LogP contribution in [-0.4, -0.2) is 49.1 Å². The lowest BCUT2D eigenvalue weighted by Gasteiger charge is -2.22. The minimum Gasteiger partial charge on any atom is -0.463 e. The normalized spacial score (nSPS) is 27.4. The molecule has 10 heteroatoms. The first kappa shape index (κ1) is 16.7. The summed E-state index contributed by atoms with van der Waals surface area (Å²) in [5, 5.41) is 3.34. The molecule has 0 radical (unpaired) electrons. The van der Waals surface area contributed by atoms with E-state index in [1.165, 1.54) is 6.92 Å². The zero-order valence-electron chi connectivity index (χ0n) is 11.7. The van der Waals surface area contributed by atoms with Gasteiger partial charge in [0.15, 0.2) is 18.4 Å². The van der Waals surface area contributed by atoms with Gasteiger partial charge in [0.25, 0.3) is 0 Å². The molecule has 0 spiro atoms. The minimum absolute atomic E-state index is 0.234. The fraction of sp³-hybridized carbons (Fsp3) is 0.727. The van der Waals surface area contributed by atoms with Gasteiger partial charge in [0, 0.05) is 25.7 Å². The summed E-state index contributed by atoms with van der Waals surface area (Å²) in [5.41, 5.74) is 8.50. The van der Waals surface area contributed by atoms with Crippen molar-refractivity contribution in [3.05, 3.63) is 10.4 Å². The molecule has 1 aliphatic heterocycles. The van der Waals surface area contributed by atoms with E-state index in [0.29, 0.717) is 0 Å². The van der Waals surface area contributed by atoms with Crippen molar-refractivity contribution in [2.45, 2.75) is 45.3 Å². The monoisotopic (exact) mass is 301 g/mol. The number of nitrogens with zero attached hydrogens (tertiary/aromatic N) is 3. The van der Waals surface area contributed by atoms with Gasteiger partial charge in [-0.15, -0.1) is 0 Å². The largest absolute Gasteiger partial charge is 0.463 e. The molecule has 3 unspecified atom stereocenters. The molecule has 21 heavy (non-hydrogen) atoms. The number of carbonyl (C=O) groups is 3. The predicted octanol–water partition coefficient (Wildman–Crippen LogP) is 0.448. The molecule has 1 fully saturated rings. The summed E-state index contributed by atoms with van der Waals surface area (Å²) in [6.07, 6.45) is -4.23. The molecule has 0 N–H and O–H groups in total. The lowest BCUT2D eigenvalue weighted by atomic mass is 10.1. The van der Waals surface area contributed by atoms with Crippen LogP contribution < -0.4 is 0 Å². The number of rotatable bonds is 5. The van der Waals surface area contributed by atoms with E-state index in [0.717, 1.165) is 13.8 Å². The van der Waals surface area contributed by atoms with Gasteiger partial charge < -0.3 is 18.9 Å². The number of azide groups is 1. The Morgan fingerprint density at radius 3 is 2.14 bits per heavy atom. The molecule has 0 bridgehead atoms. The summed E-state index contributed by atoms with van der Waals surface area (Å²) in [4.78, 5) is 35.7. The summed E-state index contributed by atoms with van der Waals surface area (Å²) in [6, 6.07) is 0. The summed E-state index contributed by atoms with van der Waals surface area (Å²) in [6.45, 7) is 3.28. The number of hydrogen-bond acceptors (Lipinski definition) is 8. The number of esters is 3. The second-order valence-electron chi connectivity index (χ2n) is 4.22. The summed E-state index contributed by atoms with van der Waals surface area (Å²) in [5.74, 6) is -1.86. The molecule has 0 aliphatic carbocycles. The van der Waals surface area contributed by atoms with Gasteiger partial charge in [-0.1, -0.05) is 5.11 Å². The lowest BCUT2D eigenvalue weighted by Crippen LogP contribution is -2.40. The SMILES string of the molecule is CC(=O)OC[C@H]1OC(N=[N+]=[N-])C(OC(C)=O)C1OC(C)=O. The quantitative estimate of drug-likeness (QED) is 0.236. The fourth-order valence-electron chi connectivity index (χ4n) is 1.84. The first-order chi connectivity index (χ1) is 9.85. The van der Waals surface area contributed by atoms with Gasteiger partial charge in [-0.25, -0.2) is 0 Å². The van der Waals surface area contributed by atoms with Crippen molar-refractivity contribution < 1.29 is 33.3 Å². The Kier molecular flexibility index (Phi) is 5.94. The van der Waals surface area contributed by atoms with Crippen LogP contribution in [0.3, 0.4) is 0 Å². The van der Waals surface area contributed by atoms with Crippen molar-refractivity contribution in [1.29, 1.82) is 0 Å². The minimum atomic E-state index is -1.18. The van der Waals surface area contributed by atoms with Crippen molar-refractivity contribution in [3.63, 3.8) is 0 Å². The standard InChI is InChI=1S/C11H15N3O7/c1-5(15)18-4-8-9(19-6(2)16)10(20-7(3)17)11(21-8)13-14-12/h8-11H,4H2,1-3H3/t8-,9?,10?,11?/m1/s1. The molecule has 116 valence electrons. The van der Waals surface area contributed by atoms with Gasteiger partial charge >= 0.3 is 17.9 Å². The van der Waals surface area contributed by atoms with E-state index in [1.54, 1.807) is 0 Å². The first-order valence-corrected chi connectivity index (χ1v) is 6.02. The predicted molar refractivity (Wildman–Crippen MR) is 65.5 cm³/mol. The van der Waals surface area contributed by atoms with Crippen LogP contribution >= 0.6 is 0 Å². The highest BCUT2D eigenvalue weighted by Gasteiger charge is 2.49. The van der Waals surface area contributed by atoms with Crippen molar-refractivity contribution in [1.82, 2.24) is 0 Å². The lowest BCUT2D eigenvalue weighted by molar-refractivity contribution is -0.165. The third kappa shape index (κ3) is 4.93. The van der Waals surface area contributed by atoms with E-state index in [1.807, 2.05) is 0 Å². The van der Waals surface area contributed by atoms with Gasteiger partial charge in [0.1, 0.15) is 12.7 Å². The van der Waals surface area contributed by atoms with Gasteiger partial charge in [-0.2, -0.15) is 0 Å². The van der Waals surface area contributed by atoms with E-state index < -0.39 is 42.4 Å². The fourth-order valence-corrected chi connectivity index (χ4v) is 1.84. The topological polar surface area (TPSA) is 137 Å². The zero-order valence-corrected chi connectivity index (χ0v) is 11.7. The maximum atomic E-state index is 11.1. The summed E-state index contributed by atoms with van der Waals surface area (Å²) in [7, 11) is 0. The molecule has 1 saturated heterocycles. The van der Waals surface area contributed by atoms with Gasteiger partial charge in [0.05, 0.1) is 0 Å². The molecule has 0 amide bonds. The van der Waals surface area contributed by atoms with Crippen molar-refractivity contribution in [2.75, 3.05) is 6.61 Å². The number of carbonyl (C=O) groups excluding carboxylic acids is 3. The molecule has 4 atom stereocenters. The molecule has 10 nitrogen and oxygen atoms in total. The van der Waals surface area contributed by atoms with Crippen molar-refractivity contribution >= 4 is 17.9 Å². The first-order valence-electron chi connectivity index (χ1n) is 6.02. The average Bonchev–Trinajstić information content (AvgIpc) is 2.65. The molecular weight excluding hydrogens is 286 g/mol. The van der Waals surface area contributed by atoms with Crippen LogP contribution in [0.25, 0.3) is 10.4 Å². The van der Waals surface area contributed by atoms with Crippen molar-refractivity contribution in [3.8, 4) is 0 Å². The highest BCUT2D eigenvalue weighted by Crippen LogP contribution is 2.28. The Hall–Kier alpha value is -2.32. The van der Waals surface area contributed by atoms with Crippen LogP contribution in [0.15, 0.2) is 5.11 Å². The Balaban J connectivity index is 2.95. The second kappa shape index (κ2) is 7.46. The zero-order chi connectivity index (χ0) is 16.0. The highest BCUT2D eigenvalue weighted by atomic mass is 16.7. The van der Waals surface area contributed by atoms with Crippen LogP contribution in [0.1, 0.15) is 20.8 Å². The van der Waals surface area contributed by atoms with Crippen LogP contribution in [0.5, 0.6) is 0 Å². The van der Waals surface area contributed by atoms with E-state index in [4.69, 9.17) is 24.5 Å². The smallest absolute Gasteiger partial charge is 0.303 e. The van der Waals surface area contributed by atoms with Crippen molar-refractivity contribution in [2.24, 2.45) is 5.11 Å². The maximum absolute atomic E-state index is 11.1. The van der Waals surface area contributed by atoms with Crippen LogP contribution in [0.2, 0.25) is 0 Å². The van der Waals surface area contributed by atoms with E-state index in [9.17, 15) is 14.4 Å². The van der Waals surface area contributed by atoms with Crippen LogP contribution in [0, 0.1) is 0 Å². The molecular formula is C11H15N3O7. The van der Waals surface area contributed by atoms with E-state index in [2.05, 4.69) is 10.0 Å². The summed E-state index contributed by atoms with van der Waals surface area (Å²) >= 11 is 0. The second-order valence-corrected chi connectivity index (χ2v) is 4.22. The molecule has 1 rings (SSSR count). The maximum Gasteiger partial charge on any atom is 0.303 e. The van der Waals surface area contributed by atoms with Gasteiger partial charge in [0.2, 0.25) is 0 Å². The molecule has 1 heterocycles. The highest BCUT2D eigenvalue weighted by molar-refractivity contribution is 5.68. The number of hydrogen-bond donors (Lipinski definition) is 0. The molecule has 0 aromatic rings. The average molecular weight is 301 g/mol. The van der Waals surface area contributed by atoms with Gasteiger partial charge in [-0.05, 0) is 5.53 Å². The molecule has 0 aromatic heterocycles. The van der Waals surface area contributed by atoms with E-state index in [-0.39, 0.29) is 6.61 Å². The molecule has 1 aliphatic rings. The third-order valence-electron chi connectivity index (χ3n) is 2.51. The van der Waals surface area contributed by atoms with E-state index >= 15 is 0 Å². The molecule has 0 aromatic carbocycles. The molecule has 0 saturated carbocycles. The Morgan fingerprint density at radius 2 is 1.67 bits per heavy atom. The summed E-state index contributed by atoms with van der Waals surface area (Å²) < 4.78 is 20.1.